The van der Waals surface area contributed by atoms with Gasteiger partial charge in [0, 0.05) is 31.2 Å². The number of pyridine rings is 1. The van der Waals surface area contributed by atoms with Gasteiger partial charge in [-0.05, 0) is 24.5 Å². The molecule has 0 atom stereocenters. The summed E-state index contributed by atoms with van der Waals surface area (Å²) in [6.07, 6.45) is 4.20. The van der Waals surface area contributed by atoms with E-state index in [9.17, 15) is 0 Å². The number of hydrogen-bond donors (Lipinski definition) is 1. The number of anilines is 1. The average Bonchev–Trinajstić information content (AvgIpc) is 2.98. The Kier molecular flexibility index (Phi) is 2.46. The summed E-state index contributed by atoms with van der Waals surface area (Å²) in [6.45, 7) is 4.43. The Balaban J connectivity index is 2.28. The predicted octanol–water partition coefficient (Wildman–Crippen LogP) is 1.92. The molecule has 0 radical (unpaired) electrons. The highest BCUT2D eigenvalue weighted by Crippen LogP contribution is 2.48. The van der Waals surface area contributed by atoms with Crippen LogP contribution in [-0.2, 0) is 5.41 Å². The second kappa shape index (κ2) is 3.45. The molecule has 3 nitrogen and oxygen atoms in total. The molecule has 0 amide bonds. The standard InChI is InChI=1S/C13H21N3/c1-12(2,13(14)7-8-13)10-5-6-11(15-9-10)16(3)4/h5-6,9H,7-8,14H2,1-4H3. The third kappa shape index (κ3) is 1.69. The molecule has 0 aliphatic heterocycles. The lowest BCUT2D eigenvalue weighted by molar-refractivity contribution is 0.390. The zero-order chi connectivity index (χ0) is 12.0. The molecule has 2 N–H and O–H groups in total. The zero-order valence-electron chi connectivity index (χ0n) is 10.6. The Morgan fingerprint density at radius 2 is 1.94 bits per heavy atom. The van der Waals surface area contributed by atoms with Gasteiger partial charge in [-0.25, -0.2) is 4.98 Å². The van der Waals surface area contributed by atoms with E-state index in [0.29, 0.717) is 0 Å². The van der Waals surface area contributed by atoms with Gasteiger partial charge in [-0.15, -0.1) is 0 Å². The lowest BCUT2D eigenvalue weighted by Crippen LogP contribution is -2.43. The van der Waals surface area contributed by atoms with E-state index in [1.54, 1.807) is 0 Å². The van der Waals surface area contributed by atoms with Crippen LogP contribution < -0.4 is 10.6 Å². The number of nitrogens with two attached hydrogens (primary N) is 1. The molecule has 1 fully saturated rings. The normalized spacial score (nSPS) is 18.3. The molecular weight excluding hydrogens is 198 g/mol. The number of nitrogens with zero attached hydrogens (tertiary/aromatic N) is 2. The first-order valence-corrected chi connectivity index (χ1v) is 5.79. The van der Waals surface area contributed by atoms with Crippen molar-refractivity contribution in [2.45, 2.75) is 37.6 Å². The van der Waals surface area contributed by atoms with Crippen LogP contribution in [0.25, 0.3) is 0 Å². The van der Waals surface area contributed by atoms with E-state index >= 15 is 0 Å². The van der Waals surface area contributed by atoms with Crippen molar-refractivity contribution in [1.29, 1.82) is 0 Å². The van der Waals surface area contributed by atoms with E-state index in [0.717, 1.165) is 18.7 Å². The van der Waals surface area contributed by atoms with Gasteiger partial charge in [-0.3, -0.25) is 0 Å². The van der Waals surface area contributed by atoms with Crippen molar-refractivity contribution >= 4 is 5.82 Å². The molecule has 0 unspecified atom stereocenters. The Bertz CT molecular complexity index is 375. The van der Waals surface area contributed by atoms with Crippen molar-refractivity contribution in [3.05, 3.63) is 23.9 Å². The molecule has 1 aliphatic carbocycles. The second-order valence-corrected chi connectivity index (χ2v) is 5.58. The maximum Gasteiger partial charge on any atom is 0.127 e. The topological polar surface area (TPSA) is 42.1 Å². The van der Waals surface area contributed by atoms with Crippen LogP contribution in [0.3, 0.4) is 0 Å². The molecule has 1 saturated carbocycles. The highest BCUT2D eigenvalue weighted by molar-refractivity contribution is 5.40. The molecule has 16 heavy (non-hydrogen) atoms. The quantitative estimate of drug-likeness (QED) is 0.844. The average molecular weight is 219 g/mol. The monoisotopic (exact) mass is 219 g/mol. The maximum atomic E-state index is 6.32. The van der Waals surface area contributed by atoms with Crippen molar-refractivity contribution in [2.75, 3.05) is 19.0 Å². The van der Waals surface area contributed by atoms with Crippen LogP contribution in [0.2, 0.25) is 0 Å². The summed E-state index contributed by atoms with van der Waals surface area (Å²) in [5.74, 6) is 0.987. The van der Waals surface area contributed by atoms with E-state index < -0.39 is 0 Å². The van der Waals surface area contributed by atoms with Gasteiger partial charge in [0.15, 0.2) is 0 Å². The smallest absolute Gasteiger partial charge is 0.127 e. The largest absolute Gasteiger partial charge is 0.363 e. The van der Waals surface area contributed by atoms with Crippen LogP contribution >= 0.6 is 0 Å². The first-order valence-electron chi connectivity index (χ1n) is 5.79. The Hall–Kier alpha value is -1.09. The van der Waals surface area contributed by atoms with E-state index in [1.165, 1.54) is 5.56 Å². The summed E-state index contributed by atoms with van der Waals surface area (Å²) in [6, 6.07) is 4.21. The van der Waals surface area contributed by atoms with Crippen molar-refractivity contribution in [3.8, 4) is 0 Å². The summed E-state index contributed by atoms with van der Waals surface area (Å²) < 4.78 is 0. The minimum absolute atomic E-state index is 0.0187. The lowest BCUT2D eigenvalue weighted by atomic mass is 9.77. The summed E-state index contributed by atoms with van der Waals surface area (Å²) in [7, 11) is 4.00. The van der Waals surface area contributed by atoms with Crippen molar-refractivity contribution < 1.29 is 0 Å². The zero-order valence-corrected chi connectivity index (χ0v) is 10.6. The van der Waals surface area contributed by atoms with Gasteiger partial charge in [0.25, 0.3) is 0 Å². The molecule has 2 rings (SSSR count). The van der Waals surface area contributed by atoms with E-state index in [2.05, 4.69) is 31.0 Å². The Morgan fingerprint density at radius 3 is 2.31 bits per heavy atom. The van der Waals surface area contributed by atoms with Crippen LogP contribution in [0.4, 0.5) is 5.82 Å². The van der Waals surface area contributed by atoms with Crippen molar-refractivity contribution in [3.63, 3.8) is 0 Å². The van der Waals surface area contributed by atoms with E-state index in [-0.39, 0.29) is 11.0 Å². The van der Waals surface area contributed by atoms with Gasteiger partial charge in [0.05, 0.1) is 0 Å². The van der Waals surface area contributed by atoms with Crippen molar-refractivity contribution in [1.82, 2.24) is 4.98 Å². The predicted molar refractivity (Wildman–Crippen MR) is 67.7 cm³/mol. The Morgan fingerprint density at radius 1 is 1.31 bits per heavy atom. The minimum Gasteiger partial charge on any atom is -0.363 e. The van der Waals surface area contributed by atoms with Crippen LogP contribution in [0, 0.1) is 0 Å². The van der Waals surface area contributed by atoms with E-state index in [1.807, 2.05) is 25.2 Å². The SMILES string of the molecule is CN(C)c1ccc(C(C)(C)C2(N)CC2)cn1. The Labute approximate surface area is 97.7 Å². The molecule has 0 spiro atoms. The summed E-state index contributed by atoms with van der Waals surface area (Å²) >= 11 is 0. The van der Waals surface area contributed by atoms with Gasteiger partial charge < -0.3 is 10.6 Å². The van der Waals surface area contributed by atoms with Crippen LogP contribution in [0.1, 0.15) is 32.3 Å². The molecule has 0 aromatic carbocycles. The second-order valence-electron chi connectivity index (χ2n) is 5.58. The highest BCUT2D eigenvalue weighted by Gasteiger charge is 2.51. The fraction of sp³-hybridized carbons (Fsp3) is 0.615. The van der Waals surface area contributed by atoms with Gasteiger partial charge in [-0.2, -0.15) is 0 Å². The number of rotatable bonds is 3. The molecule has 1 aromatic heterocycles. The maximum absolute atomic E-state index is 6.32. The fourth-order valence-corrected chi connectivity index (χ4v) is 2.07. The number of aromatic nitrogens is 1. The molecular formula is C13H21N3. The molecule has 0 saturated heterocycles. The lowest BCUT2D eigenvalue weighted by Gasteiger charge is -2.32. The summed E-state index contributed by atoms with van der Waals surface area (Å²) in [4.78, 5) is 6.46. The molecule has 1 aromatic rings. The van der Waals surface area contributed by atoms with Gasteiger partial charge >= 0.3 is 0 Å². The summed E-state index contributed by atoms with van der Waals surface area (Å²) in [5, 5.41) is 0. The van der Waals surface area contributed by atoms with Crippen molar-refractivity contribution in [2.24, 2.45) is 5.73 Å². The van der Waals surface area contributed by atoms with Gasteiger partial charge in [0.2, 0.25) is 0 Å². The van der Waals surface area contributed by atoms with Crippen LogP contribution in [-0.4, -0.2) is 24.6 Å². The molecule has 3 heteroatoms. The first-order chi connectivity index (χ1) is 7.37. The van der Waals surface area contributed by atoms with Gasteiger partial charge in [-0.1, -0.05) is 19.9 Å². The first kappa shape index (κ1) is 11.4. The fourth-order valence-electron chi connectivity index (χ4n) is 2.07. The molecule has 0 bridgehead atoms. The van der Waals surface area contributed by atoms with E-state index in [4.69, 9.17) is 5.73 Å². The molecule has 88 valence electrons. The summed E-state index contributed by atoms with van der Waals surface area (Å²) in [5.41, 5.74) is 7.55. The number of hydrogen-bond acceptors (Lipinski definition) is 3. The molecule has 1 heterocycles. The van der Waals surface area contributed by atoms with Crippen LogP contribution in [0.15, 0.2) is 18.3 Å². The minimum atomic E-state index is -0.0195. The third-order valence-corrected chi connectivity index (χ3v) is 3.96. The third-order valence-electron chi connectivity index (χ3n) is 3.96. The highest BCUT2D eigenvalue weighted by atomic mass is 15.1. The van der Waals surface area contributed by atoms with Gasteiger partial charge in [0.1, 0.15) is 5.82 Å². The molecule has 1 aliphatic rings. The van der Waals surface area contributed by atoms with Crippen LogP contribution in [0.5, 0.6) is 0 Å².